The number of likely N-dealkylation sites (tertiary alicyclic amines) is 1. The maximum absolute atomic E-state index is 13.1. The number of nitrogens with zero attached hydrogens (tertiary/aromatic N) is 1. The minimum Gasteiger partial charge on any atom is -0.507 e. The van der Waals surface area contributed by atoms with Crippen molar-refractivity contribution >= 4 is 11.9 Å². The van der Waals surface area contributed by atoms with Gasteiger partial charge in [0.05, 0.1) is 32.5 Å². The van der Waals surface area contributed by atoms with E-state index in [1.807, 2.05) is 0 Å². The first kappa shape index (κ1) is 22.0. The maximum Gasteiger partial charge on any atom is 0.231 e. The number of ether oxygens (including phenoxy) is 4. The van der Waals surface area contributed by atoms with Gasteiger partial charge in [0.25, 0.3) is 0 Å². The van der Waals surface area contributed by atoms with Crippen LogP contribution in [-0.2, 0) is 6.54 Å². The first-order valence-electron chi connectivity index (χ1n) is 10.8. The van der Waals surface area contributed by atoms with E-state index in [0.717, 1.165) is 19.4 Å². The summed E-state index contributed by atoms with van der Waals surface area (Å²) < 4.78 is 22.2. The number of fused-ring (bicyclic) bond motifs is 1. The summed E-state index contributed by atoms with van der Waals surface area (Å²) in [5.41, 5.74) is 1.72. The number of phenolic OH excluding ortho intramolecular Hbond substituents is 1. The predicted molar refractivity (Wildman–Crippen MR) is 121 cm³/mol. The van der Waals surface area contributed by atoms with Gasteiger partial charge in [-0.3, -0.25) is 9.69 Å². The first-order valence-corrected chi connectivity index (χ1v) is 10.8. The lowest BCUT2D eigenvalue weighted by molar-refractivity contribution is 0.101. The Morgan fingerprint density at radius 3 is 2.50 bits per heavy atom. The molecular weight excluding hydrogens is 410 g/mol. The molecule has 0 aliphatic carbocycles. The van der Waals surface area contributed by atoms with Crippen LogP contribution in [0.1, 0.15) is 47.7 Å². The topological polar surface area (TPSA) is 77.5 Å². The van der Waals surface area contributed by atoms with Crippen LogP contribution in [0.25, 0.3) is 6.08 Å². The Morgan fingerprint density at radius 2 is 1.81 bits per heavy atom. The monoisotopic (exact) mass is 439 g/mol. The third kappa shape index (κ3) is 4.00. The first-order chi connectivity index (χ1) is 15.5. The normalized spacial score (nSPS) is 19.6. The Kier molecular flexibility index (Phi) is 6.28. The molecule has 1 atom stereocenters. The second-order valence-corrected chi connectivity index (χ2v) is 8.14. The molecule has 170 valence electrons. The number of methoxy groups -OCH3 is 3. The van der Waals surface area contributed by atoms with Crippen molar-refractivity contribution in [1.29, 1.82) is 0 Å². The number of hydrogen-bond acceptors (Lipinski definition) is 7. The molecule has 32 heavy (non-hydrogen) atoms. The third-order valence-electron chi connectivity index (χ3n) is 6.24. The molecule has 2 aromatic rings. The number of rotatable bonds is 6. The van der Waals surface area contributed by atoms with E-state index in [1.165, 1.54) is 6.42 Å². The Labute approximate surface area is 188 Å². The zero-order valence-corrected chi connectivity index (χ0v) is 18.9. The van der Waals surface area contributed by atoms with Gasteiger partial charge in [0.15, 0.2) is 17.3 Å². The molecule has 1 fully saturated rings. The van der Waals surface area contributed by atoms with E-state index in [4.69, 9.17) is 18.9 Å². The Morgan fingerprint density at radius 1 is 1.09 bits per heavy atom. The zero-order chi connectivity index (χ0) is 22.8. The Balaban J connectivity index is 1.70. The number of hydrogen-bond donors (Lipinski definition) is 1. The number of ketones is 1. The fourth-order valence-electron chi connectivity index (χ4n) is 4.35. The molecule has 2 aromatic carbocycles. The fourth-order valence-corrected chi connectivity index (χ4v) is 4.35. The molecule has 4 rings (SSSR count). The van der Waals surface area contributed by atoms with Crippen molar-refractivity contribution in [1.82, 2.24) is 4.90 Å². The lowest BCUT2D eigenvalue weighted by Crippen LogP contribution is -2.36. The number of benzene rings is 2. The summed E-state index contributed by atoms with van der Waals surface area (Å²) in [6, 6.07) is 7.04. The molecule has 0 amide bonds. The average Bonchev–Trinajstić information content (AvgIpc) is 3.12. The van der Waals surface area contributed by atoms with Crippen molar-refractivity contribution in [2.45, 2.75) is 38.8 Å². The molecule has 1 saturated heterocycles. The molecule has 1 N–H and O–H groups in total. The standard InChI is InChI=1S/C25H29NO6/c1-15-7-5-6-10-26(15)14-18-19(27)9-8-17-24(28)23(32-25(17)18)12-16-11-21(30-3)22(31-4)13-20(16)29-2/h8-9,11-13,15,27H,5-7,10,14H2,1-4H3/t15-/m0/s1. The van der Waals surface area contributed by atoms with Gasteiger partial charge >= 0.3 is 0 Å². The molecule has 0 saturated carbocycles. The summed E-state index contributed by atoms with van der Waals surface area (Å²) in [6.45, 7) is 3.69. The molecule has 7 nitrogen and oxygen atoms in total. The highest BCUT2D eigenvalue weighted by Crippen LogP contribution is 2.42. The highest BCUT2D eigenvalue weighted by molar-refractivity contribution is 6.15. The third-order valence-corrected chi connectivity index (χ3v) is 6.24. The van der Waals surface area contributed by atoms with E-state index in [9.17, 15) is 9.90 Å². The van der Waals surface area contributed by atoms with Crippen molar-refractivity contribution in [3.63, 3.8) is 0 Å². The van der Waals surface area contributed by atoms with Gasteiger partial charge in [-0.25, -0.2) is 0 Å². The predicted octanol–water partition coefficient (Wildman–Crippen LogP) is 4.41. The van der Waals surface area contributed by atoms with E-state index in [0.29, 0.717) is 52.3 Å². The van der Waals surface area contributed by atoms with E-state index in [1.54, 1.807) is 51.7 Å². The molecule has 2 heterocycles. The number of phenols is 1. The molecule has 0 aromatic heterocycles. The van der Waals surface area contributed by atoms with E-state index >= 15 is 0 Å². The lowest BCUT2D eigenvalue weighted by Gasteiger charge is -2.33. The average molecular weight is 440 g/mol. The number of carbonyl (C=O) groups excluding carboxylic acids is 1. The quantitative estimate of drug-likeness (QED) is 0.668. The summed E-state index contributed by atoms with van der Waals surface area (Å²) >= 11 is 0. The summed E-state index contributed by atoms with van der Waals surface area (Å²) in [4.78, 5) is 15.4. The van der Waals surface area contributed by atoms with Gasteiger partial charge in [0.1, 0.15) is 17.2 Å². The number of Topliss-reactive ketones (excluding diaryl/α,β-unsaturated/α-hetero) is 1. The van der Waals surface area contributed by atoms with E-state index in [-0.39, 0.29) is 17.3 Å². The SMILES string of the molecule is COc1cc(OC)c(OC)cc1C=C1Oc2c(ccc(O)c2CN2CCCC[C@@H]2C)C1=O. The van der Waals surface area contributed by atoms with Gasteiger partial charge in [-0.15, -0.1) is 0 Å². The molecule has 0 unspecified atom stereocenters. The number of carbonyl (C=O) groups is 1. The highest BCUT2D eigenvalue weighted by Gasteiger charge is 2.33. The second kappa shape index (κ2) is 9.12. The number of allylic oxidation sites excluding steroid dienone is 1. The Hall–Kier alpha value is -3.19. The van der Waals surface area contributed by atoms with Gasteiger partial charge in [-0.1, -0.05) is 6.42 Å². The molecule has 0 radical (unpaired) electrons. The van der Waals surface area contributed by atoms with Gasteiger partial charge in [-0.2, -0.15) is 0 Å². The largest absolute Gasteiger partial charge is 0.507 e. The maximum atomic E-state index is 13.1. The minimum absolute atomic E-state index is 0.138. The molecule has 0 bridgehead atoms. The van der Waals surface area contributed by atoms with Crippen LogP contribution in [0.4, 0.5) is 0 Å². The molecular formula is C25H29NO6. The van der Waals surface area contributed by atoms with Crippen LogP contribution in [0.5, 0.6) is 28.7 Å². The number of aromatic hydroxyl groups is 1. The van der Waals surface area contributed by atoms with E-state index in [2.05, 4.69) is 11.8 Å². The molecule has 0 spiro atoms. The van der Waals surface area contributed by atoms with Crippen molar-refractivity contribution in [3.8, 4) is 28.7 Å². The van der Waals surface area contributed by atoms with Crippen molar-refractivity contribution in [2.75, 3.05) is 27.9 Å². The fraction of sp³-hybridized carbons (Fsp3) is 0.400. The summed E-state index contributed by atoms with van der Waals surface area (Å²) in [6.07, 6.45) is 5.10. The van der Waals surface area contributed by atoms with Crippen LogP contribution in [-0.4, -0.2) is 49.7 Å². The minimum atomic E-state index is -0.232. The Bertz CT molecular complexity index is 1060. The lowest BCUT2D eigenvalue weighted by atomic mass is 10.0. The summed E-state index contributed by atoms with van der Waals surface area (Å²) in [5, 5.41) is 10.6. The van der Waals surface area contributed by atoms with Gasteiger partial charge in [-0.05, 0) is 50.6 Å². The molecule has 2 aliphatic rings. The smallest absolute Gasteiger partial charge is 0.231 e. The van der Waals surface area contributed by atoms with Crippen LogP contribution in [0.3, 0.4) is 0 Å². The van der Waals surface area contributed by atoms with E-state index < -0.39 is 0 Å². The van der Waals surface area contributed by atoms with Gasteiger partial charge in [0.2, 0.25) is 5.78 Å². The van der Waals surface area contributed by atoms with Crippen molar-refractivity contribution in [3.05, 3.63) is 46.7 Å². The van der Waals surface area contributed by atoms with Crippen LogP contribution < -0.4 is 18.9 Å². The molecule has 2 aliphatic heterocycles. The molecule has 7 heteroatoms. The summed E-state index contributed by atoms with van der Waals surface area (Å²) in [5.74, 6) is 2.07. The zero-order valence-electron chi connectivity index (χ0n) is 18.9. The van der Waals surface area contributed by atoms with Gasteiger partial charge in [0, 0.05) is 24.2 Å². The van der Waals surface area contributed by atoms with Crippen LogP contribution >= 0.6 is 0 Å². The number of piperidine rings is 1. The van der Waals surface area contributed by atoms with Crippen molar-refractivity contribution in [2.24, 2.45) is 0 Å². The van der Waals surface area contributed by atoms with Crippen LogP contribution in [0.15, 0.2) is 30.0 Å². The highest BCUT2D eigenvalue weighted by atomic mass is 16.5. The van der Waals surface area contributed by atoms with Gasteiger partial charge < -0.3 is 24.1 Å². The van der Waals surface area contributed by atoms with Crippen LogP contribution in [0, 0.1) is 0 Å². The van der Waals surface area contributed by atoms with Crippen molar-refractivity contribution < 1.29 is 28.8 Å². The summed E-state index contributed by atoms with van der Waals surface area (Å²) in [7, 11) is 4.64. The second-order valence-electron chi connectivity index (χ2n) is 8.14. The van der Waals surface area contributed by atoms with Crippen LogP contribution in [0.2, 0.25) is 0 Å².